The van der Waals surface area contributed by atoms with Gasteiger partial charge in [-0.15, -0.1) is 0 Å². The smallest absolute Gasteiger partial charge is 0.143 e. The molecule has 216 valence electrons. The molecule has 0 bridgehead atoms. The molecule has 8 rings (SSSR count). The number of anilines is 3. The lowest BCUT2D eigenvalue weighted by atomic mass is 9.95. The van der Waals surface area contributed by atoms with Gasteiger partial charge in [-0.2, -0.15) is 0 Å². The van der Waals surface area contributed by atoms with Crippen LogP contribution in [-0.2, 0) is 0 Å². The summed E-state index contributed by atoms with van der Waals surface area (Å²) in [6, 6.07) is 56.4. The molecule has 7 aromatic carbocycles. The monoisotopic (exact) mass is 579 g/mol. The molecule has 1 heterocycles. The van der Waals surface area contributed by atoms with Gasteiger partial charge in [0, 0.05) is 32.9 Å². The maximum atomic E-state index is 6.63. The van der Waals surface area contributed by atoms with Crippen molar-refractivity contribution in [1.82, 2.24) is 0 Å². The van der Waals surface area contributed by atoms with Gasteiger partial charge in [-0.3, -0.25) is 0 Å². The fraction of sp³-hybridized carbons (Fsp3) is 0.0698. The minimum Gasteiger partial charge on any atom is -0.455 e. The van der Waals surface area contributed by atoms with Crippen molar-refractivity contribution in [2.24, 2.45) is 0 Å². The zero-order chi connectivity index (χ0) is 30.3. The molecule has 0 aliphatic rings. The molecular formula is C43H33NO. The van der Waals surface area contributed by atoms with Gasteiger partial charge in [-0.25, -0.2) is 0 Å². The van der Waals surface area contributed by atoms with Crippen LogP contribution in [0.3, 0.4) is 0 Å². The molecule has 0 radical (unpaired) electrons. The molecule has 0 atom stereocenters. The fourth-order valence-corrected chi connectivity index (χ4v) is 6.64. The van der Waals surface area contributed by atoms with Gasteiger partial charge in [0.25, 0.3) is 0 Å². The standard InChI is InChI=1S/C43H33NO/c1-29(2)36-21-12-22-41-42(36)39-28-40(37-19-9-10-20-38(37)43(39)45-41)44(34-25-23-32(24-26-34)30-13-5-3-6-14-30)35-18-11-17-33(27-35)31-15-7-4-8-16-31/h3-29H,1-2H3. The highest BCUT2D eigenvalue weighted by atomic mass is 16.3. The van der Waals surface area contributed by atoms with Gasteiger partial charge in [0.2, 0.25) is 0 Å². The normalized spacial score (nSPS) is 11.5. The number of rotatable bonds is 6. The Morgan fingerprint density at radius 2 is 1.07 bits per heavy atom. The first kappa shape index (κ1) is 27.0. The summed E-state index contributed by atoms with van der Waals surface area (Å²) < 4.78 is 6.63. The summed E-state index contributed by atoms with van der Waals surface area (Å²) in [6.07, 6.45) is 0. The van der Waals surface area contributed by atoms with E-state index < -0.39 is 0 Å². The number of furan rings is 1. The van der Waals surface area contributed by atoms with Crippen LogP contribution < -0.4 is 4.90 Å². The molecule has 0 N–H and O–H groups in total. The Labute approximate surface area is 263 Å². The van der Waals surface area contributed by atoms with E-state index in [2.05, 4.69) is 176 Å². The lowest BCUT2D eigenvalue weighted by molar-refractivity contribution is 0.672. The molecule has 2 heteroatoms. The van der Waals surface area contributed by atoms with E-state index >= 15 is 0 Å². The molecule has 2 nitrogen and oxygen atoms in total. The van der Waals surface area contributed by atoms with Crippen LogP contribution in [0.1, 0.15) is 25.3 Å². The molecule has 0 saturated heterocycles. The third-order valence-electron chi connectivity index (χ3n) is 8.82. The molecular weight excluding hydrogens is 546 g/mol. The summed E-state index contributed by atoms with van der Waals surface area (Å²) in [5.74, 6) is 0.369. The highest BCUT2D eigenvalue weighted by Gasteiger charge is 2.22. The van der Waals surface area contributed by atoms with Gasteiger partial charge in [0.15, 0.2) is 0 Å². The van der Waals surface area contributed by atoms with Crippen LogP contribution in [0.4, 0.5) is 17.1 Å². The van der Waals surface area contributed by atoms with Crippen molar-refractivity contribution in [2.45, 2.75) is 19.8 Å². The first-order valence-corrected chi connectivity index (χ1v) is 15.6. The van der Waals surface area contributed by atoms with Crippen molar-refractivity contribution >= 4 is 49.8 Å². The second kappa shape index (κ2) is 11.2. The minimum absolute atomic E-state index is 0.369. The lowest BCUT2D eigenvalue weighted by Gasteiger charge is -2.28. The van der Waals surface area contributed by atoms with Crippen LogP contribution in [0.5, 0.6) is 0 Å². The Morgan fingerprint density at radius 3 is 1.78 bits per heavy atom. The highest BCUT2D eigenvalue weighted by Crippen LogP contribution is 2.46. The number of benzene rings is 7. The largest absolute Gasteiger partial charge is 0.455 e. The van der Waals surface area contributed by atoms with E-state index in [1.54, 1.807) is 0 Å². The van der Waals surface area contributed by atoms with Crippen molar-refractivity contribution in [3.05, 3.63) is 163 Å². The Bertz CT molecular complexity index is 2280. The summed E-state index contributed by atoms with van der Waals surface area (Å²) >= 11 is 0. The molecule has 0 aliphatic heterocycles. The van der Waals surface area contributed by atoms with Gasteiger partial charge in [-0.1, -0.05) is 135 Å². The molecule has 0 saturated carbocycles. The zero-order valence-corrected chi connectivity index (χ0v) is 25.4. The first-order chi connectivity index (χ1) is 22.2. The quantitative estimate of drug-likeness (QED) is 0.195. The van der Waals surface area contributed by atoms with E-state index in [1.807, 2.05) is 0 Å². The Kier molecular flexibility index (Phi) is 6.69. The molecule has 45 heavy (non-hydrogen) atoms. The number of fused-ring (bicyclic) bond motifs is 5. The topological polar surface area (TPSA) is 16.4 Å². The number of hydrogen-bond acceptors (Lipinski definition) is 2. The minimum atomic E-state index is 0.369. The summed E-state index contributed by atoms with van der Waals surface area (Å²) in [6.45, 7) is 4.51. The maximum absolute atomic E-state index is 6.63. The molecule has 8 aromatic rings. The number of hydrogen-bond donors (Lipinski definition) is 0. The average Bonchev–Trinajstić information content (AvgIpc) is 3.49. The molecule has 0 amide bonds. The van der Waals surface area contributed by atoms with Crippen LogP contribution >= 0.6 is 0 Å². The predicted molar refractivity (Wildman–Crippen MR) is 191 cm³/mol. The summed E-state index contributed by atoms with van der Waals surface area (Å²) in [5, 5.41) is 4.61. The third kappa shape index (κ3) is 4.76. The van der Waals surface area contributed by atoms with Crippen LogP contribution in [-0.4, -0.2) is 0 Å². The predicted octanol–water partition coefficient (Wildman–Crippen LogP) is 12.7. The molecule has 0 aliphatic carbocycles. The van der Waals surface area contributed by atoms with E-state index in [-0.39, 0.29) is 0 Å². The van der Waals surface area contributed by atoms with E-state index in [1.165, 1.54) is 33.2 Å². The molecule has 1 aromatic heterocycles. The van der Waals surface area contributed by atoms with E-state index in [0.29, 0.717) is 5.92 Å². The number of nitrogens with zero attached hydrogens (tertiary/aromatic N) is 1. The molecule has 0 fully saturated rings. The van der Waals surface area contributed by atoms with Gasteiger partial charge in [0.05, 0.1) is 5.69 Å². The van der Waals surface area contributed by atoms with E-state index in [4.69, 9.17) is 4.42 Å². The maximum Gasteiger partial charge on any atom is 0.143 e. The Hall–Kier alpha value is -5.60. The SMILES string of the molecule is CC(C)c1cccc2oc3c4ccccc4c(N(c4ccc(-c5ccccc5)cc4)c4cccc(-c5ccccc5)c4)cc3c12. The summed E-state index contributed by atoms with van der Waals surface area (Å²) in [7, 11) is 0. The second-order valence-electron chi connectivity index (χ2n) is 12.0. The van der Waals surface area contributed by atoms with Crippen molar-refractivity contribution in [3.63, 3.8) is 0 Å². The Morgan fingerprint density at radius 1 is 0.467 bits per heavy atom. The lowest BCUT2D eigenvalue weighted by Crippen LogP contribution is -2.10. The van der Waals surface area contributed by atoms with Gasteiger partial charge >= 0.3 is 0 Å². The second-order valence-corrected chi connectivity index (χ2v) is 12.0. The van der Waals surface area contributed by atoms with Gasteiger partial charge < -0.3 is 9.32 Å². The van der Waals surface area contributed by atoms with Crippen LogP contribution in [0.15, 0.2) is 162 Å². The van der Waals surface area contributed by atoms with E-state index in [9.17, 15) is 0 Å². The van der Waals surface area contributed by atoms with Crippen molar-refractivity contribution in [1.29, 1.82) is 0 Å². The zero-order valence-electron chi connectivity index (χ0n) is 25.4. The van der Waals surface area contributed by atoms with Gasteiger partial charge in [0.1, 0.15) is 11.2 Å². The highest BCUT2D eigenvalue weighted by molar-refractivity contribution is 6.20. The average molecular weight is 580 g/mol. The fourth-order valence-electron chi connectivity index (χ4n) is 6.64. The van der Waals surface area contributed by atoms with Crippen LogP contribution in [0.25, 0.3) is 55.0 Å². The molecule has 0 spiro atoms. The van der Waals surface area contributed by atoms with Crippen molar-refractivity contribution in [3.8, 4) is 22.3 Å². The first-order valence-electron chi connectivity index (χ1n) is 15.6. The van der Waals surface area contributed by atoms with Crippen molar-refractivity contribution < 1.29 is 4.42 Å². The molecule has 0 unspecified atom stereocenters. The Balaban J connectivity index is 1.41. The van der Waals surface area contributed by atoms with Crippen molar-refractivity contribution in [2.75, 3.05) is 4.90 Å². The van der Waals surface area contributed by atoms with Crippen LogP contribution in [0.2, 0.25) is 0 Å². The van der Waals surface area contributed by atoms with Crippen LogP contribution in [0, 0.1) is 0 Å². The third-order valence-corrected chi connectivity index (χ3v) is 8.82. The van der Waals surface area contributed by atoms with E-state index in [0.717, 1.165) is 44.4 Å². The van der Waals surface area contributed by atoms with Gasteiger partial charge in [-0.05, 0) is 70.1 Å². The summed E-state index contributed by atoms with van der Waals surface area (Å²) in [5.41, 5.74) is 11.3. The summed E-state index contributed by atoms with van der Waals surface area (Å²) in [4.78, 5) is 2.40.